The number of benzene rings is 9. The van der Waals surface area contributed by atoms with Crippen LogP contribution in [0.3, 0.4) is 0 Å². The molecule has 1 aliphatic rings. The molecule has 0 unspecified atom stereocenters. The van der Waals surface area contributed by atoms with Crippen LogP contribution in [0.2, 0.25) is 0 Å². The van der Waals surface area contributed by atoms with Crippen LogP contribution >= 0.6 is 0 Å². The average molecular weight is 673 g/mol. The van der Waals surface area contributed by atoms with Gasteiger partial charge in [-0.1, -0.05) is 133 Å². The standard InChI is InChI=1S/C50H28N2O/c51-29-36-21-27-46-50-38(36)8-4-9-41(50)40-24-20-35(28-47(40)53-46)30-12-14-31(15-13-30)37-22-16-33-19-26-43-39(23-17-34-18-25-42(37)48(33)49(34)43)45-11-5-10-44(52-45)32-6-2-1-3-7-32/h1-28H. The van der Waals surface area contributed by atoms with Crippen molar-refractivity contribution in [3.63, 3.8) is 0 Å². The Morgan fingerprint density at radius 1 is 0.396 bits per heavy atom. The van der Waals surface area contributed by atoms with Gasteiger partial charge in [0.25, 0.3) is 0 Å². The molecule has 244 valence electrons. The van der Waals surface area contributed by atoms with Crippen molar-refractivity contribution in [2.24, 2.45) is 0 Å². The summed E-state index contributed by atoms with van der Waals surface area (Å²) in [7, 11) is 0. The lowest BCUT2D eigenvalue weighted by Crippen LogP contribution is -1.98. The third-order valence-electron chi connectivity index (χ3n) is 10.9. The summed E-state index contributed by atoms with van der Waals surface area (Å²) < 4.78 is 6.46. The van der Waals surface area contributed by atoms with E-state index in [9.17, 15) is 5.26 Å². The Bertz CT molecular complexity index is 3140. The Labute approximate surface area is 306 Å². The molecule has 9 aromatic carbocycles. The van der Waals surface area contributed by atoms with E-state index in [1.807, 2.05) is 30.3 Å². The van der Waals surface area contributed by atoms with E-state index in [1.54, 1.807) is 0 Å². The van der Waals surface area contributed by atoms with Crippen molar-refractivity contribution in [3.8, 4) is 73.5 Å². The molecule has 0 bridgehead atoms. The minimum absolute atomic E-state index is 0.658. The number of hydrogen-bond acceptors (Lipinski definition) is 3. The van der Waals surface area contributed by atoms with Crippen molar-refractivity contribution in [3.05, 3.63) is 175 Å². The molecule has 3 nitrogen and oxygen atoms in total. The van der Waals surface area contributed by atoms with Crippen molar-refractivity contribution in [2.75, 3.05) is 0 Å². The predicted octanol–water partition coefficient (Wildman–Crippen LogP) is 13.4. The second kappa shape index (κ2) is 11.4. The molecule has 53 heavy (non-hydrogen) atoms. The van der Waals surface area contributed by atoms with Crippen molar-refractivity contribution in [1.82, 2.24) is 4.98 Å². The van der Waals surface area contributed by atoms with Gasteiger partial charge in [0.05, 0.1) is 23.0 Å². The Morgan fingerprint density at radius 3 is 1.85 bits per heavy atom. The van der Waals surface area contributed by atoms with Crippen molar-refractivity contribution in [2.45, 2.75) is 0 Å². The van der Waals surface area contributed by atoms with Crippen LogP contribution in [0.4, 0.5) is 0 Å². The third-order valence-corrected chi connectivity index (χ3v) is 10.9. The first-order valence-electron chi connectivity index (χ1n) is 17.8. The molecule has 10 aromatic rings. The molecule has 11 rings (SSSR count). The highest BCUT2D eigenvalue weighted by molar-refractivity contribution is 6.27. The molecule has 0 N–H and O–H groups in total. The summed E-state index contributed by atoms with van der Waals surface area (Å²) in [6, 6.07) is 62.2. The highest BCUT2D eigenvalue weighted by Gasteiger charge is 2.22. The fraction of sp³-hybridized carbons (Fsp3) is 0. The molecule has 0 radical (unpaired) electrons. The van der Waals surface area contributed by atoms with Crippen LogP contribution in [-0.2, 0) is 0 Å². The number of hydrogen-bond donors (Lipinski definition) is 0. The molecule has 0 atom stereocenters. The van der Waals surface area contributed by atoms with Gasteiger partial charge in [-0.3, -0.25) is 0 Å². The topological polar surface area (TPSA) is 45.9 Å². The van der Waals surface area contributed by atoms with E-state index in [-0.39, 0.29) is 0 Å². The van der Waals surface area contributed by atoms with Crippen molar-refractivity contribution < 1.29 is 4.74 Å². The minimum atomic E-state index is 0.658. The minimum Gasteiger partial charge on any atom is -0.456 e. The van der Waals surface area contributed by atoms with Crippen molar-refractivity contribution in [1.29, 1.82) is 5.26 Å². The number of ether oxygens (including phenoxy) is 1. The monoisotopic (exact) mass is 672 g/mol. The zero-order valence-corrected chi connectivity index (χ0v) is 28.5. The third kappa shape index (κ3) is 4.50. The molecule has 0 fully saturated rings. The number of nitriles is 1. The van der Waals surface area contributed by atoms with Gasteiger partial charge in [0.2, 0.25) is 0 Å². The molecule has 0 aliphatic carbocycles. The number of nitrogens with zero attached hydrogens (tertiary/aromatic N) is 2. The van der Waals surface area contributed by atoms with Gasteiger partial charge in [-0.05, 0) is 96.5 Å². The second-order valence-electron chi connectivity index (χ2n) is 13.8. The summed E-state index contributed by atoms with van der Waals surface area (Å²) in [6.07, 6.45) is 0. The lowest BCUT2D eigenvalue weighted by atomic mass is 9.87. The summed E-state index contributed by atoms with van der Waals surface area (Å²) in [4.78, 5) is 5.12. The molecule has 1 aromatic heterocycles. The zero-order valence-electron chi connectivity index (χ0n) is 28.5. The van der Waals surface area contributed by atoms with E-state index >= 15 is 0 Å². The average Bonchev–Trinajstić information content (AvgIpc) is 3.23. The maximum absolute atomic E-state index is 9.67. The molecule has 3 heteroatoms. The molecule has 0 saturated heterocycles. The number of rotatable bonds is 4. The second-order valence-corrected chi connectivity index (χ2v) is 13.8. The maximum atomic E-state index is 9.67. The number of aromatic nitrogens is 1. The summed E-state index contributed by atoms with van der Waals surface area (Å²) in [5, 5.41) is 19.1. The lowest BCUT2D eigenvalue weighted by Gasteiger charge is -2.22. The van der Waals surface area contributed by atoms with Crippen LogP contribution in [0.15, 0.2) is 170 Å². The van der Waals surface area contributed by atoms with Crippen LogP contribution in [0.25, 0.3) is 99.0 Å². The van der Waals surface area contributed by atoms with Gasteiger partial charge < -0.3 is 4.74 Å². The highest BCUT2D eigenvalue weighted by Crippen LogP contribution is 2.48. The molecular weight excluding hydrogens is 645 g/mol. The number of fused-ring (bicyclic) bond motifs is 2. The zero-order chi connectivity index (χ0) is 35.0. The van der Waals surface area contributed by atoms with E-state index in [0.29, 0.717) is 5.56 Å². The SMILES string of the molecule is N#Cc1ccc2c3c(cccc13)-c1ccc(-c3ccc(-c4ccc5ccc6c(-c7cccc(-c8ccccc8)n7)ccc7ccc4c5c76)cc3)cc1O2. The van der Waals surface area contributed by atoms with Gasteiger partial charge in [0.1, 0.15) is 11.5 Å². The first kappa shape index (κ1) is 29.5. The highest BCUT2D eigenvalue weighted by atomic mass is 16.5. The van der Waals surface area contributed by atoms with E-state index in [0.717, 1.165) is 67.0 Å². The molecule has 1 aliphatic heterocycles. The summed E-state index contributed by atoms with van der Waals surface area (Å²) in [5.74, 6) is 1.61. The fourth-order valence-corrected chi connectivity index (χ4v) is 8.38. The van der Waals surface area contributed by atoms with Gasteiger partial charge in [0.15, 0.2) is 0 Å². The largest absolute Gasteiger partial charge is 0.456 e. The van der Waals surface area contributed by atoms with Gasteiger partial charge >= 0.3 is 0 Å². The van der Waals surface area contributed by atoms with E-state index in [1.165, 1.54) is 43.4 Å². The van der Waals surface area contributed by atoms with Gasteiger partial charge in [-0.2, -0.15) is 5.26 Å². The molecule has 0 saturated carbocycles. The molecule has 0 spiro atoms. The summed E-state index contributed by atoms with van der Waals surface area (Å²) >= 11 is 0. The van der Waals surface area contributed by atoms with Crippen LogP contribution in [0.5, 0.6) is 11.5 Å². The van der Waals surface area contributed by atoms with Gasteiger partial charge in [0, 0.05) is 27.5 Å². The number of pyridine rings is 1. The maximum Gasteiger partial charge on any atom is 0.136 e. The normalized spacial score (nSPS) is 11.9. The van der Waals surface area contributed by atoms with Crippen LogP contribution in [0.1, 0.15) is 5.56 Å². The Kier molecular flexibility index (Phi) is 6.32. The van der Waals surface area contributed by atoms with Gasteiger partial charge in [-0.25, -0.2) is 4.98 Å². The Hall–Kier alpha value is -7.28. The van der Waals surface area contributed by atoms with E-state index in [4.69, 9.17) is 9.72 Å². The first-order valence-corrected chi connectivity index (χ1v) is 17.8. The lowest BCUT2D eigenvalue weighted by molar-refractivity contribution is 0.487. The molecule has 2 heterocycles. The summed E-state index contributed by atoms with van der Waals surface area (Å²) in [6.45, 7) is 0. The molecule has 0 amide bonds. The van der Waals surface area contributed by atoms with E-state index < -0.39 is 0 Å². The van der Waals surface area contributed by atoms with Gasteiger partial charge in [-0.15, -0.1) is 0 Å². The Morgan fingerprint density at radius 2 is 1.06 bits per heavy atom. The van der Waals surface area contributed by atoms with Crippen LogP contribution in [0, 0.1) is 11.3 Å². The van der Waals surface area contributed by atoms with Crippen molar-refractivity contribution >= 4 is 43.1 Å². The predicted molar refractivity (Wildman–Crippen MR) is 217 cm³/mol. The fourth-order valence-electron chi connectivity index (χ4n) is 8.38. The molecular formula is C50H28N2O. The van der Waals surface area contributed by atoms with Crippen LogP contribution in [-0.4, -0.2) is 4.98 Å². The summed E-state index contributed by atoms with van der Waals surface area (Å²) in [5.41, 5.74) is 11.6. The first-order chi connectivity index (χ1) is 26.2. The smallest absolute Gasteiger partial charge is 0.136 e. The van der Waals surface area contributed by atoms with Crippen LogP contribution < -0.4 is 4.74 Å². The Balaban J connectivity index is 0.981. The quantitative estimate of drug-likeness (QED) is 0.175. The van der Waals surface area contributed by atoms with E-state index in [2.05, 4.69) is 146 Å².